The van der Waals surface area contributed by atoms with Crippen molar-refractivity contribution >= 4 is 22.6 Å². The molecule has 0 saturated heterocycles. The van der Waals surface area contributed by atoms with Gasteiger partial charge in [0.15, 0.2) is 11.6 Å². The topological polar surface area (TPSA) is 22.1 Å². The van der Waals surface area contributed by atoms with Crippen molar-refractivity contribution in [3.63, 3.8) is 0 Å². The Bertz CT molecular complexity index is 261. The highest BCUT2D eigenvalue weighted by atomic mass is 127. The van der Waals surface area contributed by atoms with Crippen molar-refractivity contribution in [2.45, 2.75) is 6.61 Å². The van der Waals surface area contributed by atoms with Gasteiger partial charge in [0.2, 0.25) is 0 Å². The second-order valence-electron chi connectivity index (χ2n) is 1.81. The number of aromatic nitrogens is 1. The predicted octanol–water partition coefficient (Wildman–Crippen LogP) is 2.43. The molecule has 1 rings (SSSR count). The number of hydrogen-bond donors (Lipinski definition) is 0. The summed E-state index contributed by atoms with van der Waals surface area (Å²) in [5.74, 6) is -1.34. The van der Waals surface area contributed by atoms with Crippen LogP contribution in [0.4, 0.5) is 13.2 Å². The Morgan fingerprint density at radius 1 is 1.42 bits per heavy atom. The van der Waals surface area contributed by atoms with Crippen molar-refractivity contribution in [1.29, 1.82) is 0 Å². The van der Waals surface area contributed by atoms with Gasteiger partial charge in [-0.3, -0.25) is 4.98 Å². The lowest BCUT2D eigenvalue weighted by atomic mass is 10.4. The van der Waals surface area contributed by atoms with Crippen LogP contribution in [0.25, 0.3) is 0 Å². The molecule has 0 amide bonds. The number of hydrogen-bond acceptors (Lipinski definition) is 2. The van der Waals surface area contributed by atoms with Gasteiger partial charge in [0, 0.05) is 6.20 Å². The van der Waals surface area contributed by atoms with Gasteiger partial charge in [0.1, 0.15) is 0 Å². The molecule has 1 aromatic heterocycles. The Labute approximate surface area is 79.9 Å². The summed E-state index contributed by atoms with van der Waals surface area (Å²) in [7, 11) is 0. The third-order valence-corrected chi connectivity index (χ3v) is 1.78. The minimum absolute atomic E-state index is 0.216. The summed E-state index contributed by atoms with van der Waals surface area (Å²) in [6.45, 7) is -3.02. The quantitative estimate of drug-likeness (QED) is 0.780. The summed E-state index contributed by atoms with van der Waals surface area (Å²) >= 11 is 1.66. The first-order valence-electron chi connectivity index (χ1n) is 2.85. The third kappa shape index (κ3) is 2.23. The Kier molecular flexibility index (Phi) is 3.12. The molecule has 1 aromatic rings. The molecule has 0 aromatic carbocycles. The van der Waals surface area contributed by atoms with E-state index in [9.17, 15) is 13.2 Å². The van der Waals surface area contributed by atoms with Gasteiger partial charge < -0.3 is 4.74 Å². The summed E-state index contributed by atoms with van der Waals surface area (Å²) in [4.78, 5) is 3.44. The molecule has 2 nitrogen and oxygen atoms in total. The molecule has 12 heavy (non-hydrogen) atoms. The number of rotatable bonds is 2. The van der Waals surface area contributed by atoms with E-state index in [0.717, 1.165) is 6.20 Å². The lowest BCUT2D eigenvalue weighted by Gasteiger charge is -2.06. The van der Waals surface area contributed by atoms with Gasteiger partial charge in [-0.25, -0.2) is 4.39 Å². The van der Waals surface area contributed by atoms with E-state index in [1.54, 1.807) is 22.6 Å². The average molecular weight is 289 g/mol. The number of alkyl halides is 2. The van der Waals surface area contributed by atoms with Crippen molar-refractivity contribution in [3.8, 4) is 5.75 Å². The van der Waals surface area contributed by atoms with Crippen molar-refractivity contribution in [2.75, 3.05) is 0 Å². The highest BCUT2D eigenvalue weighted by Crippen LogP contribution is 2.24. The van der Waals surface area contributed by atoms with Crippen molar-refractivity contribution < 1.29 is 17.9 Å². The molecule has 66 valence electrons. The maximum Gasteiger partial charge on any atom is 0.387 e. The summed E-state index contributed by atoms with van der Waals surface area (Å²) in [5, 5.41) is 0. The molecule has 0 spiro atoms. The first kappa shape index (κ1) is 9.56. The number of pyridine rings is 1. The van der Waals surface area contributed by atoms with Gasteiger partial charge >= 0.3 is 6.61 Å². The second-order valence-corrected chi connectivity index (χ2v) is 2.97. The molecule has 0 aliphatic carbocycles. The molecule has 6 heteroatoms. The van der Waals surface area contributed by atoms with Crippen LogP contribution in [0.2, 0.25) is 0 Å². The Hall–Kier alpha value is -0.530. The lowest BCUT2D eigenvalue weighted by molar-refractivity contribution is -0.0528. The Morgan fingerprint density at radius 3 is 2.58 bits per heavy atom. The molecule has 0 atom stereocenters. The molecular formula is C6H3F3INO. The van der Waals surface area contributed by atoms with Gasteiger partial charge in [-0.05, 0) is 22.6 Å². The third-order valence-electron chi connectivity index (χ3n) is 1.02. The molecule has 1 heterocycles. The zero-order valence-corrected chi connectivity index (χ0v) is 7.76. The molecule has 0 N–H and O–H groups in total. The zero-order chi connectivity index (χ0) is 9.14. The van der Waals surface area contributed by atoms with E-state index in [4.69, 9.17) is 0 Å². The monoisotopic (exact) mass is 289 g/mol. The van der Waals surface area contributed by atoms with Crippen molar-refractivity contribution in [3.05, 3.63) is 21.8 Å². The minimum Gasteiger partial charge on any atom is -0.430 e. The number of nitrogens with zero attached hydrogens (tertiary/aromatic N) is 1. The van der Waals surface area contributed by atoms with E-state index in [-0.39, 0.29) is 3.57 Å². The van der Waals surface area contributed by atoms with Gasteiger partial charge in [-0.15, -0.1) is 0 Å². The molecule has 0 aliphatic heterocycles. The second kappa shape index (κ2) is 3.92. The predicted molar refractivity (Wildman–Crippen MR) is 43.5 cm³/mol. The van der Waals surface area contributed by atoms with E-state index in [1.165, 1.54) is 6.20 Å². The summed E-state index contributed by atoms with van der Waals surface area (Å²) in [5.41, 5.74) is 0. The first-order chi connectivity index (χ1) is 5.61. The molecule has 0 radical (unpaired) electrons. The van der Waals surface area contributed by atoms with Gasteiger partial charge in [-0.2, -0.15) is 8.78 Å². The van der Waals surface area contributed by atoms with Crippen LogP contribution in [0.3, 0.4) is 0 Å². The highest BCUT2D eigenvalue weighted by Gasteiger charge is 2.13. The smallest absolute Gasteiger partial charge is 0.387 e. The van der Waals surface area contributed by atoms with Gasteiger partial charge in [-0.1, -0.05) is 0 Å². The molecule has 0 bridgehead atoms. The van der Waals surface area contributed by atoms with E-state index in [1.807, 2.05) is 0 Å². The van der Waals surface area contributed by atoms with E-state index in [0.29, 0.717) is 0 Å². The fourth-order valence-electron chi connectivity index (χ4n) is 0.601. The minimum atomic E-state index is -3.02. The van der Waals surface area contributed by atoms with Crippen LogP contribution in [0.5, 0.6) is 5.75 Å². The maximum atomic E-state index is 12.7. The standard InChI is InChI=1S/C6H3F3INO/c7-3-1-11-2-4(10)5(3)12-6(8)9/h1-2,6H. The highest BCUT2D eigenvalue weighted by molar-refractivity contribution is 14.1. The number of halogens is 4. The van der Waals surface area contributed by atoms with Crippen LogP contribution in [0.1, 0.15) is 0 Å². The van der Waals surface area contributed by atoms with Crippen LogP contribution in [0, 0.1) is 9.39 Å². The van der Waals surface area contributed by atoms with Gasteiger partial charge in [0.25, 0.3) is 0 Å². The maximum absolute atomic E-state index is 12.7. The van der Waals surface area contributed by atoms with Crippen LogP contribution >= 0.6 is 22.6 Å². The van der Waals surface area contributed by atoms with E-state index < -0.39 is 18.2 Å². The van der Waals surface area contributed by atoms with Crippen LogP contribution in [-0.2, 0) is 0 Å². The SMILES string of the molecule is Fc1cncc(I)c1OC(F)F. The van der Waals surface area contributed by atoms with E-state index >= 15 is 0 Å². The van der Waals surface area contributed by atoms with Crippen LogP contribution in [0.15, 0.2) is 12.4 Å². The molecule has 0 saturated carbocycles. The molecule has 0 fully saturated rings. The Morgan fingerprint density at radius 2 is 2.08 bits per heavy atom. The fraction of sp³-hybridized carbons (Fsp3) is 0.167. The zero-order valence-electron chi connectivity index (χ0n) is 5.60. The van der Waals surface area contributed by atoms with Crippen molar-refractivity contribution in [1.82, 2.24) is 4.98 Å². The first-order valence-corrected chi connectivity index (χ1v) is 3.93. The van der Waals surface area contributed by atoms with Gasteiger partial charge in [0.05, 0.1) is 9.77 Å². The van der Waals surface area contributed by atoms with Crippen molar-refractivity contribution in [2.24, 2.45) is 0 Å². The van der Waals surface area contributed by atoms with Crippen LogP contribution in [-0.4, -0.2) is 11.6 Å². The van der Waals surface area contributed by atoms with E-state index in [2.05, 4.69) is 9.72 Å². The summed E-state index contributed by atoms with van der Waals surface area (Å²) < 4.78 is 40.2. The largest absolute Gasteiger partial charge is 0.430 e. The lowest BCUT2D eigenvalue weighted by Crippen LogP contribution is -2.05. The summed E-state index contributed by atoms with van der Waals surface area (Å²) in [6.07, 6.45) is 2.06. The fourth-order valence-corrected chi connectivity index (χ4v) is 1.15. The molecular weight excluding hydrogens is 286 g/mol. The molecule has 0 unspecified atom stereocenters. The Balaban J connectivity index is 2.96. The molecule has 0 aliphatic rings. The number of ether oxygens (including phenoxy) is 1. The average Bonchev–Trinajstić information content (AvgIpc) is 1.97. The normalized spacial score (nSPS) is 10.4. The summed E-state index contributed by atoms with van der Waals surface area (Å²) in [6, 6.07) is 0. The van der Waals surface area contributed by atoms with Crippen LogP contribution < -0.4 is 4.74 Å².